The second-order valence-electron chi connectivity index (χ2n) is 6.23. The number of benzene rings is 1. The van der Waals surface area contributed by atoms with Gasteiger partial charge in [-0.3, -0.25) is 19.8 Å². The van der Waals surface area contributed by atoms with Crippen LogP contribution in [-0.4, -0.2) is 46.2 Å². The molecule has 1 aromatic carbocycles. The van der Waals surface area contributed by atoms with E-state index < -0.39 is 0 Å². The molecular weight excluding hydrogens is 459 g/mol. The van der Waals surface area contributed by atoms with E-state index in [1.54, 1.807) is 23.9 Å². The highest BCUT2D eigenvalue weighted by atomic mass is 127. The van der Waals surface area contributed by atoms with Crippen LogP contribution >= 0.6 is 24.0 Å². The highest BCUT2D eigenvalue weighted by Crippen LogP contribution is 2.13. The first-order chi connectivity index (χ1) is 12.5. The van der Waals surface area contributed by atoms with Crippen LogP contribution in [0, 0.1) is 10.1 Å². The smallest absolute Gasteiger partial charge is 0.269 e. The molecule has 0 atom stereocenters. The van der Waals surface area contributed by atoms with Crippen LogP contribution in [0.25, 0.3) is 0 Å². The predicted molar refractivity (Wildman–Crippen MR) is 117 cm³/mol. The molecule has 0 radical (unpaired) electrons. The first kappa shape index (κ1) is 22.9. The summed E-state index contributed by atoms with van der Waals surface area (Å²) in [5.41, 5.74) is 2.39. The summed E-state index contributed by atoms with van der Waals surface area (Å²) in [6, 6.07) is 6.77. The number of rotatable bonds is 8. The standard InChI is InChI=1S/C18H26N6O2.HI/c1-19-18(22(2)13-16-12-21-23(3)14-16)20-11-5-4-6-15-7-9-17(10-8-15)24(25)26;/h7-10,12,14H,4-6,11,13H2,1-3H3,(H,19,20);1H. The third-order valence-corrected chi connectivity index (χ3v) is 4.07. The Balaban J connectivity index is 0.00000364. The number of unbranched alkanes of at least 4 members (excludes halogenated alkanes) is 1. The van der Waals surface area contributed by atoms with Crippen LogP contribution in [0.1, 0.15) is 24.0 Å². The molecule has 8 nitrogen and oxygen atoms in total. The Hall–Kier alpha value is -2.17. The van der Waals surface area contributed by atoms with Crippen molar-refractivity contribution in [1.82, 2.24) is 20.0 Å². The van der Waals surface area contributed by atoms with Gasteiger partial charge in [-0.1, -0.05) is 12.1 Å². The molecule has 0 spiro atoms. The lowest BCUT2D eigenvalue weighted by Crippen LogP contribution is -2.38. The molecule has 0 bridgehead atoms. The fourth-order valence-electron chi connectivity index (χ4n) is 2.73. The highest BCUT2D eigenvalue weighted by Gasteiger charge is 2.07. The number of nitro benzene ring substituents is 1. The number of aryl methyl sites for hydroxylation is 2. The molecule has 0 saturated carbocycles. The number of guanidine groups is 1. The summed E-state index contributed by atoms with van der Waals surface area (Å²) < 4.78 is 1.79. The fraction of sp³-hybridized carbons (Fsp3) is 0.444. The third-order valence-electron chi connectivity index (χ3n) is 4.07. The molecular formula is C18H27IN6O2. The maximum Gasteiger partial charge on any atom is 0.269 e. The van der Waals surface area contributed by atoms with Gasteiger partial charge in [0.25, 0.3) is 5.69 Å². The minimum Gasteiger partial charge on any atom is -0.356 e. The number of hydrogen-bond acceptors (Lipinski definition) is 4. The number of nitrogens with zero attached hydrogens (tertiary/aromatic N) is 5. The zero-order valence-electron chi connectivity index (χ0n) is 16.0. The molecule has 2 aromatic rings. The van der Waals surface area contributed by atoms with Gasteiger partial charge >= 0.3 is 0 Å². The molecule has 1 heterocycles. The van der Waals surface area contributed by atoms with Crippen molar-refractivity contribution in [3.63, 3.8) is 0 Å². The predicted octanol–water partition coefficient (Wildman–Crippen LogP) is 2.98. The second-order valence-corrected chi connectivity index (χ2v) is 6.23. The van der Waals surface area contributed by atoms with Crippen molar-refractivity contribution >= 4 is 35.6 Å². The van der Waals surface area contributed by atoms with Crippen LogP contribution in [0.3, 0.4) is 0 Å². The van der Waals surface area contributed by atoms with E-state index in [2.05, 4.69) is 20.3 Å². The molecule has 0 unspecified atom stereocenters. The van der Waals surface area contributed by atoms with E-state index in [9.17, 15) is 10.1 Å². The number of nitro groups is 1. The number of hydrogen-bond donors (Lipinski definition) is 1. The van der Waals surface area contributed by atoms with Crippen LogP contribution in [0.2, 0.25) is 0 Å². The van der Waals surface area contributed by atoms with Crippen LogP contribution in [0.5, 0.6) is 0 Å². The number of aromatic nitrogens is 2. The van der Waals surface area contributed by atoms with Crippen LogP contribution < -0.4 is 5.32 Å². The summed E-state index contributed by atoms with van der Waals surface area (Å²) in [5.74, 6) is 0.851. The molecule has 27 heavy (non-hydrogen) atoms. The molecule has 9 heteroatoms. The molecule has 1 N–H and O–H groups in total. The van der Waals surface area contributed by atoms with Crippen molar-refractivity contribution in [2.45, 2.75) is 25.8 Å². The molecule has 2 rings (SSSR count). The maximum atomic E-state index is 10.7. The van der Waals surface area contributed by atoms with Gasteiger partial charge in [-0.2, -0.15) is 5.10 Å². The average Bonchev–Trinajstić information content (AvgIpc) is 3.03. The van der Waals surface area contributed by atoms with E-state index in [1.807, 2.05) is 38.6 Å². The van der Waals surface area contributed by atoms with Crippen molar-refractivity contribution in [3.05, 3.63) is 57.9 Å². The van der Waals surface area contributed by atoms with Crippen LogP contribution in [0.15, 0.2) is 41.7 Å². The maximum absolute atomic E-state index is 10.7. The van der Waals surface area contributed by atoms with E-state index >= 15 is 0 Å². The van der Waals surface area contributed by atoms with Crippen molar-refractivity contribution in [3.8, 4) is 0 Å². The molecule has 148 valence electrons. The van der Waals surface area contributed by atoms with Crippen molar-refractivity contribution in [1.29, 1.82) is 0 Å². The van der Waals surface area contributed by atoms with E-state index in [0.717, 1.165) is 49.4 Å². The first-order valence-electron chi connectivity index (χ1n) is 8.62. The average molecular weight is 486 g/mol. The van der Waals surface area contributed by atoms with E-state index in [-0.39, 0.29) is 34.6 Å². The van der Waals surface area contributed by atoms with Crippen molar-refractivity contribution in [2.24, 2.45) is 12.0 Å². The molecule has 0 fully saturated rings. The van der Waals surface area contributed by atoms with Gasteiger partial charge in [0.1, 0.15) is 0 Å². The topological polar surface area (TPSA) is 88.6 Å². The Kier molecular flexibility index (Phi) is 9.76. The monoisotopic (exact) mass is 486 g/mol. The summed E-state index contributed by atoms with van der Waals surface area (Å²) in [6.07, 6.45) is 6.76. The molecule has 0 aliphatic rings. The van der Waals surface area contributed by atoms with Gasteiger partial charge in [-0.05, 0) is 24.8 Å². The van der Waals surface area contributed by atoms with Gasteiger partial charge in [0.15, 0.2) is 5.96 Å². The van der Waals surface area contributed by atoms with Crippen LogP contribution in [0.4, 0.5) is 5.69 Å². The van der Waals surface area contributed by atoms with Gasteiger partial charge in [0, 0.05) is 58.1 Å². The number of halogens is 1. The van der Waals surface area contributed by atoms with Crippen molar-refractivity contribution in [2.75, 3.05) is 20.6 Å². The summed E-state index contributed by atoms with van der Waals surface area (Å²) in [5, 5.41) is 18.2. The zero-order chi connectivity index (χ0) is 18.9. The molecule has 0 amide bonds. The minimum absolute atomic E-state index is 0. The van der Waals surface area contributed by atoms with E-state index in [1.165, 1.54) is 0 Å². The molecule has 0 aliphatic heterocycles. The Morgan fingerprint density at radius 2 is 2.00 bits per heavy atom. The Bertz CT molecular complexity index is 745. The summed E-state index contributed by atoms with van der Waals surface area (Å²) in [7, 11) is 5.68. The Morgan fingerprint density at radius 1 is 1.30 bits per heavy atom. The highest BCUT2D eigenvalue weighted by molar-refractivity contribution is 14.0. The van der Waals surface area contributed by atoms with Gasteiger partial charge < -0.3 is 10.2 Å². The van der Waals surface area contributed by atoms with E-state index in [0.29, 0.717) is 0 Å². The van der Waals surface area contributed by atoms with Gasteiger partial charge in [-0.15, -0.1) is 24.0 Å². The van der Waals surface area contributed by atoms with Gasteiger partial charge in [0.05, 0.1) is 11.1 Å². The first-order valence-corrected chi connectivity index (χ1v) is 8.62. The van der Waals surface area contributed by atoms with Crippen LogP contribution in [-0.2, 0) is 20.0 Å². The van der Waals surface area contributed by atoms with E-state index in [4.69, 9.17) is 0 Å². The molecule has 0 aliphatic carbocycles. The van der Waals surface area contributed by atoms with Gasteiger partial charge in [0.2, 0.25) is 0 Å². The SMILES string of the molecule is CN=C(NCCCCc1ccc([N+](=O)[O-])cc1)N(C)Cc1cnn(C)c1.I. The van der Waals surface area contributed by atoms with Gasteiger partial charge in [-0.25, -0.2) is 0 Å². The van der Waals surface area contributed by atoms with Crippen molar-refractivity contribution < 1.29 is 4.92 Å². The number of non-ortho nitro benzene ring substituents is 1. The molecule has 0 saturated heterocycles. The molecule has 1 aromatic heterocycles. The number of nitrogens with one attached hydrogen (secondary N) is 1. The second kappa shape index (κ2) is 11.5. The zero-order valence-corrected chi connectivity index (χ0v) is 18.3. The Morgan fingerprint density at radius 3 is 2.56 bits per heavy atom. The quantitative estimate of drug-likeness (QED) is 0.155. The lowest BCUT2D eigenvalue weighted by atomic mass is 10.1. The lowest BCUT2D eigenvalue weighted by molar-refractivity contribution is -0.384. The summed E-state index contributed by atoms with van der Waals surface area (Å²) in [4.78, 5) is 16.7. The minimum atomic E-state index is -0.374. The fourth-order valence-corrected chi connectivity index (χ4v) is 2.73. The Labute approximate surface area is 176 Å². The third kappa shape index (κ3) is 7.53. The lowest BCUT2D eigenvalue weighted by Gasteiger charge is -2.21. The largest absolute Gasteiger partial charge is 0.356 e. The normalized spacial score (nSPS) is 11.0. The number of aliphatic imine (C=N–C) groups is 1. The summed E-state index contributed by atoms with van der Waals surface area (Å²) >= 11 is 0. The summed E-state index contributed by atoms with van der Waals surface area (Å²) in [6.45, 7) is 1.58.